The Hall–Kier alpha value is -4.02. The fraction of sp³-hybridized carbons (Fsp3) is 0.143. The van der Waals surface area contributed by atoms with Crippen molar-refractivity contribution in [2.75, 3.05) is 5.32 Å². The molecule has 164 valence electrons. The highest BCUT2D eigenvalue weighted by atomic mass is 19.4. The van der Waals surface area contributed by atoms with Crippen LogP contribution >= 0.6 is 0 Å². The largest absolute Gasteiger partial charge is 0.416 e. The smallest absolute Gasteiger partial charge is 0.354 e. The molecule has 0 aliphatic rings. The van der Waals surface area contributed by atoms with Gasteiger partial charge in [-0.25, -0.2) is 4.39 Å². The molecule has 0 spiro atoms. The zero-order chi connectivity index (χ0) is 22.9. The summed E-state index contributed by atoms with van der Waals surface area (Å²) in [4.78, 5) is 16.5. The van der Waals surface area contributed by atoms with Crippen molar-refractivity contribution in [1.29, 1.82) is 0 Å². The van der Waals surface area contributed by atoms with E-state index >= 15 is 0 Å². The van der Waals surface area contributed by atoms with E-state index < -0.39 is 29.5 Å². The first-order chi connectivity index (χ1) is 15.2. The van der Waals surface area contributed by atoms with Gasteiger partial charge >= 0.3 is 6.18 Å². The van der Waals surface area contributed by atoms with E-state index in [1.165, 1.54) is 23.1 Å². The van der Waals surface area contributed by atoms with Crippen LogP contribution in [0.2, 0.25) is 0 Å². The van der Waals surface area contributed by atoms with Crippen molar-refractivity contribution < 1.29 is 26.9 Å². The molecule has 7 nitrogen and oxygen atoms in total. The molecule has 0 aliphatic heterocycles. The van der Waals surface area contributed by atoms with E-state index in [2.05, 4.69) is 20.6 Å². The number of pyridine rings is 1. The summed E-state index contributed by atoms with van der Waals surface area (Å²) in [5.41, 5.74) is -0.233. The highest BCUT2D eigenvalue weighted by Gasteiger charge is 2.31. The summed E-state index contributed by atoms with van der Waals surface area (Å²) in [5.74, 6) is -1.25. The van der Waals surface area contributed by atoms with E-state index in [0.29, 0.717) is 17.5 Å². The van der Waals surface area contributed by atoms with Crippen LogP contribution in [0, 0.1) is 5.82 Å². The average Bonchev–Trinajstić information content (AvgIpc) is 3.43. The molecular weight excluding hydrogens is 430 g/mol. The van der Waals surface area contributed by atoms with Crippen molar-refractivity contribution >= 4 is 11.6 Å². The van der Waals surface area contributed by atoms with Gasteiger partial charge < -0.3 is 9.84 Å². The van der Waals surface area contributed by atoms with Crippen LogP contribution in [0.4, 0.5) is 23.2 Å². The molecule has 3 aromatic heterocycles. The van der Waals surface area contributed by atoms with Gasteiger partial charge in [-0.2, -0.15) is 18.3 Å². The van der Waals surface area contributed by atoms with Crippen molar-refractivity contribution in [3.05, 3.63) is 83.7 Å². The summed E-state index contributed by atoms with van der Waals surface area (Å²) in [6.45, 7) is 1.57. The van der Waals surface area contributed by atoms with Crippen molar-refractivity contribution in [3.8, 4) is 11.5 Å². The summed E-state index contributed by atoms with van der Waals surface area (Å²) >= 11 is 0. The standard InChI is InChI=1S/C21H15F4N5O2/c1-12(15-6-5-13(8-16(15)22)21(23,24)25)30-11-14(10-27-30)28-20(31)18-9-19(32-29-18)17-4-2-3-7-26-17/h2-12H,1H3,(H,28,31). The first-order valence-corrected chi connectivity index (χ1v) is 9.32. The molecule has 32 heavy (non-hydrogen) atoms. The number of anilines is 1. The Morgan fingerprint density at radius 3 is 2.69 bits per heavy atom. The van der Waals surface area contributed by atoms with Gasteiger partial charge in [0.25, 0.3) is 5.91 Å². The summed E-state index contributed by atoms with van der Waals surface area (Å²) in [6.07, 6.45) is -0.300. The molecule has 1 unspecified atom stereocenters. The van der Waals surface area contributed by atoms with Gasteiger partial charge in [-0.1, -0.05) is 17.3 Å². The first kappa shape index (κ1) is 21.2. The van der Waals surface area contributed by atoms with E-state index in [1.54, 1.807) is 31.3 Å². The minimum Gasteiger partial charge on any atom is -0.354 e. The van der Waals surface area contributed by atoms with Crippen LogP contribution in [0.25, 0.3) is 11.5 Å². The van der Waals surface area contributed by atoms with Gasteiger partial charge in [0.2, 0.25) is 0 Å². The van der Waals surface area contributed by atoms with Crippen LogP contribution in [-0.2, 0) is 6.18 Å². The van der Waals surface area contributed by atoms with Gasteiger partial charge in [-0.3, -0.25) is 14.5 Å². The molecule has 0 radical (unpaired) electrons. The number of nitrogens with zero attached hydrogens (tertiary/aromatic N) is 4. The van der Waals surface area contributed by atoms with Crippen LogP contribution in [0.1, 0.15) is 34.6 Å². The summed E-state index contributed by atoms with van der Waals surface area (Å²) in [6, 6.07) is 8.24. The van der Waals surface area contributed by atoms with Crippen LogP contribution in [0.3, 0.4) is 0 Å². The highest BCUT2D eigenvalue weighted by Crippen LogP contribution is 2.32. The summed E-state index contributed by atoms with van der Waals surface area (Å²) in [7, 11) is 0. The number of benzene rings is 1. The number of halogens is 4. The quantitative estimate of drug-likeness (QED) is 0.439. The minimum atomic E-state index is -4.64. The Morgan fingerprint density at radius 2 is 2.00 bits per heavy atom. The lowest BCUT2D eigenvalue weighted by molar-refractivity contribution is -0.137. The maximum absolute atomic E-state index is 14.3. The fourth-order valence-corrected chi connectivity index (χ4v) is 3.01. The van der Waals surface area contributed by atoms with Crippen LogP contribution in [0.15, 0.2) is 65.6 Å². The number of hydrogen-bond donors (Lipinski definition) is 1. The third-order valence-electron chi connectivity index (χ3n) is 4.69. The topological polar surface area (TPSA) is 85.8 Å². The van der Waals surface area contributed by atoms with Crippen LogP contribution in [0.5, 0.6) is 0 Å². The van der Waals surface area contributed by atoms with E-state index in [9.17, 15) is 22.4 Å². The lowest BCUT2D eigenvalue weighted by Gasteiger charge is -2.15. The minimum absolute atomic E-state index is 0.0141. The Bertz CT molecular complexity index is 1250. The molecule has 0 bridgehead atoms. The summed E-state index contributed by atoms with van der Waals surface area (Å²) < 4.78 is 59.0. The molecule has 1 amide bonds. The van der Waals surface area contributed by atoms with Gasteiger partial charge in [0.05, 0.1) is 23.5 Å². The maximum atomic E-state index is 14.3. The highest BCUT2D eigenvalue weighted by molar-refractivity contribution is 6.03. The molecular formula is C21H15F4N5O2. The predicted octanol–water partition coefficient (Wildman–Crippen LogP) is 4.95. The van der Waals surface area contributed by atoms with Gasteiger partial charge in [-0.05, 0) is 31.2 Å². The number of hydrogen-bond acceptors (Lipinski definition) is 5. The third kappa shape index (κ3) is 4.36. The second-order valence-electron chi connectivity index (χ2n) is 6.86. The molecule has 0 fully saturated rings. The van der Waals surface area contributed by atoms with E-state index in [4.69, 9.17) is 4.52 Å². The van der Waals surface area contributed by atoms with Crippen molar-refractivity contribution in [1.82, 2.24) is 19.9 Å². The number of aromatic nitrogens is 4. The first-order valence-electron chi connectivity index (χ1n) is 9.32. The van der Waals surface area contributed by atoms with Gasteiger partial charge in [0.1, 0.15) is 11.5 Å². The van der Waals surface area contributed by atoms with Crippen molar-refractivity contribution in [3.63, 3.8) is 0 Å². The normalized spacial score (nSPS) is 12.5. The Morgan fingerprint density at radius 1 is 1.19 bits per heavy atom. The number of carbonyl (C=O) groups excluding carboxylic acids is 1. The van der Waals surface area contributed by atoms with E-state index in [-0.39, 0.29) is 16.9 Å². The number of nitrogens with one attached hydrogen (secondary N) is 1. The van der Waals surface area contributed by atoms with Crippen LogP contribution < -0.4 is 5.32 Å². The van der Waals surface area contributed by atoms with Gasteiger partial charge in [-0.15, -0.1) is 0 Å². The zero-order valence-corrected chi connectivity index (χ0v) is 16.5. The Balaban J connectivity index is 1.47. The summed E-state index contributed by atoms with van der Waals surface area (Å²) in [5, 5.41) is 10.4. The molecule has 3 heterocycles. The number of rotatable bonds is 5. The maximum Gasteiger partial charge on any atom is 0.416 e. The Labute approximate surface area is 178 Å². The number of amides is 1. The van der Waals surface area contributed by atoms with Crippen molar-refractivity contribution in [2.45, 2.75) is 19.1 Å². The fourth-order valence-electron chi connectivity index (χ4n) is 3.01. The van der Waals surface area contributed by atoms with E-state index in [1.807, 2.05) is 0 Å². The second kappa shape index (κ2) is 8.25. The van der Waals surface area contributed by atoms with Crippen molar-refractivity contribution in [2.24, 2.45) is 0 Å². The lowest BCUT2D eigenvalue weighted by atomic mass is 10.1. The molecule has 11 heteroatoms. The molecule has 0 saturated heterocycles. The SMILES string of the molecule is CC(c1ccc(C(F)(F)F)cc1F)n1cc(NC(=O)c2cc(-c3ccccn3)on2)cn1. The predicted molar refractivity (Wildman–Crippen MR) is 105 cm³/mol. The monoisotopic (exact) mass is 445 g/mol. The van der Waals surface area contributed by atoms with Gasteiger partial charge in [0, 0.05) is 24.0 Å². The molecule has 4 rings (SSSR count). The second-order valence-corrected chi connectivity index (χ2v) is 6.86. The molecule has 0 aliphatic carbocycles. The number of carbonyl (C=O) groups is 1. The number of alkyl halides is 3. The molecule has 4 aromatic rings. The third-order valence-corrected chi connectivity index (χ3v) is 4.69. The molecule has 0 saturated carbocycles. The molecule has 1 aromatic carbocycles. The lowest BCUT2D eigenvalue weighted by Crippen LogP contribution is -2.13. The van der Waals surface area contributed by atoms with Crippen LogP contribution in [-0.4, -0.2) is 25.8 Å². The molecule has 1 N–H and O–H groups in total. The Kier molecular flexibility index (Phi) is 5.47. The zero-order valence-electron chi connectivity index (χ0n) is 16.5. The van der Waals surface area contributed by atoms with Gasteiger partial charge in [0.15, 0.2) is 11.5 Å². The average molecular weight is 445 g/mol. The van der Waals surface area contributed by atoms with E-state index in [0.717, 1.165) is 12.1 Å². The molecule has 1 atom stereocenters.